The van der Waals surface area contributed by atoms with E-state index >= 15 is 0 Å². The van der Waals surface area contributed by atoms with Crippen molar-refractivity contribution in [2.75, 3.05) is 12.4 Å². The van der Waals surface area contributed by atoms with Crippen molar-refractivity contribution in [3.8, 4) is 5.75 Å². The summed E-state index contributed by atoms with van der Waals surface area (Å²) in [6.45, 7) is 0. The van der Waals surface area contributed by atoms with E-state index in [9.17, 15) is 20.0 Å². The van der Waals surface area contributed by atoms with Crippen LogP contribution >= 0.6 is 0 Å². The lowest BCUT2D eigenvalue weighted by atomic mass is 10.1. The van der Waals surface area contributed by atoms with E-state index in [1.165, 1.54) is 12.1 Å². The fourth-order valence-electron chi connectivity index (χ4n) is 2.57. The molecule has 7 nitrogen and oxygen atoms in total. The van der Waals surface area contributed by atoms with Gasteiger partial charge in [0.2, 0.25) is 0 Å². The molecule has 0 aromatic heterocycles. The molecule has 0 bridgehead atoms. The summed E-state index contributed by atoms with van der Waals surface area (Å²) < 4.78 is 5.20. The number of hydrogen-bond donors (Lipinski definition) is 2. The molecule has 0 spiro atoms. The molecule has 3 aromatic carbocycles. The molecule has 126 valence electrons. The molecule has 25 heavy (non-hydrogen) atoms. The number of benzene rings is 3. The van der Waals surface area contributed by atoms with E-state index in [-0.39, 0.29) is 16.9 Å². The fourth-order valence-corrected chi connectivity index (χ4v) is 2.57. The Bertz CT molecular complexity index is 984. The highest BCUT2D eigenvalue weighted by atomic mass is 16.6. The van der Waals surface area contributed by atoms with Crippen molar-refractivity contribution in [2.24, 2.45) is 0 Å². The van der Waals surface area contributed by atoms with Gasteiger partial charge in [0, 0.05) is 23.2 Å². The molecule has 0 saturated carbocycles. The number of aromatic carboxylic acids is 1. The lowest BCUT2D eigenvalue weighted by molar-refractivity contribution is -0.384. The molecule has 3 rings (SSSR count). The second-order valence-electron chi connectivity index (χ2n) is 5.31. The van der Waals surface area contributed by atoms with Gasteiger partial charge < -0.3 is 15.2 Å². The minimum absolute atomic E-state index is 0.167. The minimum Gasteiger partial charge on any atom is -0.497 e. The predicted molar refractivity (Wildman–Crippen MR) is 93.8 cm³/mol. The number of ether oxygens (including phenoxy) is 1. The number of nitrogens with one attached hydrogen (secondary N) is 1. The highest BCUT2D eigenvalue weighted by Gasteiger charge is 2.16. The molecule has 2 N–H and O–H groups in total. The topological polar surface area (TPSA) is 102 Å². The van der Waals surface area contributed by atoms with Gasteiger partial charge in [-0.1, -0.05) is 12.1 Å². The number of hydrogen-bond acceptors (Lipinski definition) is 5. The van der Waals surface area contributed by atoms with E-state index < -0.39 is 10.9 Å². The Morgan fingerprint density at radius 3 is 2.60 bits per heavy atom. The molecule has 0 radical (unpaired) electrons. The number of anilines is 2. The number of carboxylic acid groups (broad SMARTS) is 1. The second kappa shape index (κ2) is 6.48. The molecule has 0 fully saturated rings. The van der Waals surface area contributed by atoms with Gasteiger partial charge in [-0.25, -0.2) is 4.79 Å². The Morgan fingerprint density at radius 2 is 1.92 bits per heavy atom. The first-order chi connectivity index (χ1) is 12.0. The van der Waals surface area contributed by atoms with Gasteiger partial charge in [0.1, 0.15) is 5.75 Å². The maximum atomic E-state index is 11.5. The first-order valence-corrected chi connectivity index (χ1v) is 7.35. The van der Waals surface area contributed by atoms with E-state index in [2.05, 4.69) is 5.32 Å². The molecule has 0 amide bonds. The van der Waals surface area contributed by atoms with E-state index in [0.717, 1.165) is 16.8 Å². The maximum Gasteiger partial charge on any atom is 0.338 e. The maximum absolute atomic E-state index is 11.5. The molecule has 0 aliphatic heterocycles. The summed E-state index contributed by atoms with van der Waals surface area (Å²) in [5.74, 6) is -0.528. The number of nitro groups is 1. The fraction of sp³-hybridized carbons (Fsp3) is 0.0556. The Hall–Kier alpha value is -3.61. The smallest absolute Gasteiger partial charge is 0.338 e. The van der Waals surface area contributed by atoms with Gasteiger partial charge in [-0.2, -0.15) is 0 Å². The molecular weight excluding hydrogens is 324 g/mol. The Kier molecular flexibility index (Phi) is 4.21. The van der Waals surface area contributed by atoms with Crippen molar-refractivity contribution >= 4 is 33.8 Å². The first kappa shape index (κ1) is 16.3. The largest absolute Gasteiger partial charge is 0.497 e. The third-order valence-corrected chi connectivity index (χ3v) is 3.80. The standard InChI is InChI=1S/C18H14N2O5/c1-25-13-6-7-14-11(9-13)3-2-4-16(14)19-17-8-5-12(20(23)24)10-15(17)18(21)22/h2-10,19H,1H3,(H,21,22). The van der Waals surface area contributed by atoms with Crippen LogP contribution in [0.15, 0.2) is 54.6 Å². The van der Waals surface area contributed by atoms with E-state index in [1.54, 1.807) is 7.11 Å². The van der Waals surface area contributed by atoms with Crippen LogP contribution in [0.3, 0.4) is 0 Å². The van der Waals surface area contributed by atoms with Crippen LogP contribution in [0, 0.1) is 10.1 Å². The third kappa shape index (κ3) is 3.20. The van der Waals surface area contributed by atoms with Gasteiger partial charge in [0.05, 0.1) is 23.3 Å². The molecule has 3 aromatic rings. The third-order valence-electron chi connectivity index (χ3n) is 3.80. The molecule has 0 heterocycles. The molecular formula is C18H14N2O5. The Morgan fingerprint density at radius 1 is 1.12 bits per heavy atom. The number of nitro benzene ring substituents is 1. The van der Waals surface area contributed by atoms with Crippen LogP contribution in [-0.4, -0.2) is 23.1 Å². The van der Waals surface area contributed by atoms with Gasteiger partial charge in [-0.15, -0.1) is 0 Å². The van der Waals surface area contributed by atoms with Gasteiger partial charge in [-0.05, 0) is 35.7 Å². The highest BCUT2D eigenvalue weighted by Crippen LogP contribution is 2.31. The van der Waals surface area contributed by atoms with Crippen molar-refractivity contribution in [3.05, 3.63) is 70.3 Å². The number of carboxylic acids is 1. The number of nitrogens with zero attached hydrogens (tertiary/aromatic N) is 1. The quantitative estimate of drug-likeness (QED) is 0.534. The van der Waals surface area contributed by atoms with Gasteiger partial charge in [-0.3, -0.25) is 10.1 Å². The zero-order valence-corrected chi connectivity index (χ0v) is 13.2. The van der Waals surface area contributed by atoms with Crippen molar-refractivity contribution in [1.82, 2.24) is 0 Å². The molecule has 0 atom stereocenters. The van der Waals surface area contributed by atoms with Crippen molar-refractivity contribution in [2.45, 2.75) is 0 Å². The van der Waals surface area contributed by atoms with Crippen molar-refractivity contribution < 1.29 is 19.6 Å². The average Bonchev–Trinajstić information content (AvgIpc) is 2.61. The molecule has 0 saturated heterocycles. The second-order valence-corrected chi connectivity index (χ2v) is 5.31. The molecule has 0 aliphatic carbocycles. The average molecular weight is 338 g/mol. The number of non-ortho nitro benzene ring substituents is 1. The lowest BCUT2D eigenvalue weighted by Crippen LogP contribution is -2.04. The van der Waals surface area contributed by atoms with Crippen LogP contribution in [0.25, 0.3) is 10.8 Å². The zero-order chi connectivity index (χ0) is 18.0. The zero-order valence-electron chi connectivity index (χ0n) is 13.2. The van der Waals surface area contributed by atoms with Crippen molar-refractivity contribution in [3.63, 3.8) is 0 Å². The summed E-state index contributed by atoms with van der Waals surface area (Å²) in [4.78, 5) is 21.7. The normalized spacial score (nSPS) is 10.4. The highest BCUT2D eigenvalue weighted by molar-refractivity contribution is 6.00. The Balaban J connectivity index is 2.07. The van der Waals surface area contributed by atoms with Crippen LogP contribution in [-0.2, 0) is 0 Å². The van der Waals surface area contributed by atoms with E-state index in [1.807, 2.05) is 36.4 Å². The number of rotatable bonds is 5. The van der Waals surface area contributed by atoms with Gasteiger partial charge in [0.25, 0.3) is 5.69 Å². The number of methoxy groups -OCH3 is 1. The molecule has 0 unspecified atom stereocenters. The van der Waals surface area contributed by atoms with Crippen LogP contribution < -0.4 is 10.1 Å². The van der Waals surface area contributed by atoms with Crippen molar-refractivity contribution in [1.29, 1.82) is 0 Å². The molecule has 7 heteroatoms. The van der Waals surface area contributed by atoms with Crippen LogP contribution in [0.1, 0.15) is 10.4 Å². The Labute approximate surface area is 142 Å². The van der Waals surface area contributed by atoms with Gasteiger partial charge >= 0.3 is 5.97 Å². The van der Waals surface area contributed by atoms with Gasteiger partial charge in [0.15, 0.2) is 0 Å². The van der Waals surface area contributed by atoms with E-state index in [0.29, 0.717) is 11.4 Å². The number of carbonyl (C=O) groups is 1. The molecule has 0 aliphatic rings. The van der Waals surface area contributed by atoms with Crippen LogP contribution in [0.4, 0.5) is 17.1 Å². The first-order valence-electron chi connectivity index (χ1n) is 7.35. The summed E-state index contributed by atoms with van der Waals surface area (Å²) in [6.07, 6.45) is 0. The van der Waals surface area contributed by atoms with Crippen LogP contribution in [0.5, 0.6) is 5.75 Å². The lowest BCUT2D eigenvalue weighted by Gasteiger charge is -2.12. The monoisotopic (exact) mass is 338 g/mol. The summed E-state index contributed by atoms with van der Waals surface area (Å²) >= 11 is 0. The summed E-state index contributed by atoms with van der Waals surface area (Å²) in [7, 11) is 1.58. The number of fused-ring (bicyclic) bond motifs is 1. The van der Waals surface area contributed by atoms with E-state index in [4.69, 9.17) is 4.74 Å². The predicted octanol–water partition coefficient (Wildman–Crippen LogP) is 4.20. The summed E-state index contributed by atoms with van der Waals surface area (Å²) in [5, 5.41) is 25.1. The summed E-state index contributed by atoms with van der Waals surface area (Å²) in [6, 6.07) is 14.8. The van der Waals surface area contributed by atoms with Crippen LogP contribution in [0.2, 0.25) is 0 Å². The minimum atomic E-state index is -1.24. The SMILES string of the molecule is COc1ccc2c(Nc3ccc([N+](=O)[O-])cc3C(=O)O)cccc2c1. The summed E-state index contributed by atoms with van der Waals surface area (Å²) in [5.41, 5.74) is 0.531.